The minimum Gasteiger partial charge on any atom is -0.326 e. The van der Waals surface area contributed by atoms with E-state index in [1.165, 1.54) is 0 Å². The summed E-state index contributed by atoms with van der Waals surface area (Å²) < 4.78 is 12.2. The van der Waals surface area contributed by atoms with Crippen LogP contribution in [0.2, 0.25) is 5.02 Å². The average molecular weight is 294 g/mol. The lowest BCUT2D eigenvalue weighted by Crippen LogP contribution is -2.05. The highest BCUT2D eigenvalue weighted by Crippen LogP contribution is 2.19. The molecule has 0 amide bonds. The van der Waals surface area contributed by atoms with E-state index in [0.29, 0.717) is 23.1 Å². The Hall–Kier alpha value is -1.16. The molecule has 1 atom stereocenters. The summed E-state index contributed by atoms with van der Waals surface area (Å²) in [6.07, 6.45) is 0. The fraction of sp³-hybridized carbons (Fsp3) is 0.200. The van der Waals surface area contributed by atoms with Crippen LogP contribution in [0, 0.1) is 0 Å². The Balaban J connectivity index is 2.08. The quantitative estimate of drug-likeness (QED) is 0.919. The summed E-state index contributed by atoms with van der Waals surface area (Å²) >= 11 is 6.08. The molecule has 4 heteroatoms. The lowest BCUT2D eigenvalue weighted by molar-refractivity contribution is 0.682. The van der Waals surface area contributed by atoms with Gasteiger partial charge in [0.05, 0.1) is 5.75 Å². The standard InChI is InChI=1S/C15H16ClNOS/c16-15-8-4-3-7-14(15)11-19(18)10-13-6-2-1-5-12(13)9-17/h1-8H,9-11,17H2. The van der Waals surface area contributed by atoms with Gasteiger partial charge in [0.15, 0.2) is 0 Å². The molecule has 0 aromatic heterocycles. The van der Waals surface area contributed by atoms with E-state index < -0.39 is 10.8 Å². The molecule has 0 saturated heterocycles. The Labute approximate surface area is 121 Å². The van der Waals surface area contributed by atoms with Gasteiger partial charge in [0.2, 0.25) is 0 Å². The van der Waals surface area contributed by atoms with Crippen LogP contribution in [-0.2, 0) is 28.9 Å². The average Bonchev–Trinajstić information content (AvgIpc) is 2.42. The molecular weight excluding hydrogens is 278 g/mol. The first-order valence-electron chi connectivity index (χ1n) is 6.06. The molecule has 19 heavy (non-hydrogen) atoms. The molecule has 0 heterocycles. The topological polar surface area (TPSA) is 43.1 Å². The minimum atomic E-state index is -0.984. The fourth-order valence-corrected chi connectivity index (χ4v) is 3.52. The molecule has 2 nitrogen and oxygen atoms in total. The third kappa shape index (κ3) is 3.90. The van der Waals surface area contributed by atoms with Crippen LogP contribution in [0.25, 0.3) is 0 Å². The zero-order valence-electron chi connectivity index (χ0n) is 10.5. The number of benzene rings is 2. The Kier molecular flexibility index (Phi) is 5.14. The maximum absolute atomic E-state index is 12.2. The van der Waals surface area contributed by atoms with Crippen molar-refractivity contribution in [1.29, 1.82) is 0 Å². The molecule has 0 aliphatic carbocycles. The molecule has 0 bridgehead atoms. The summed E-state index contributed by atoms with van der Waals surface area (Å²) in [6.45, 7) is 0.472. The monoisotopic (exact) mass is 293 g/mol. The zero-order chi connectivity index (χ0) is 13.7. The van der Waals surface area contributed by atoms with Gasteiger partial charge in [0, 0.05) is 28.1 Å². The van der Waals surface area contributed by atoms with E-state index in [9.17, 15) is 4.21 Å². The van der Waals surface area contributed by atoms with Crippen molar-refractivity contribution < 1.29 is 4.21 Å². The van der Waals surface area contributed by atoms with Gasteiger partial charge in [0.1, 0.15) is 0 Å². The van der Waals surface area contributed by atoms with Crippen molar-refractivity contribution in [2.24, 2.45) is 5.73 Å². The number of halogens is 1. The molecular formula is C15H16ClNOS. The van der Waals surface area contributed by atoms with Gasteiger partial charge in [-0.05, 0) is 22.8 Å². The highest BCUT2D eigenvalue weighted by molar-refractivity contribution is 7.83. The molecule has 0 saturated carbocycles. The molecule has 2 rings (SSSR count). The first kappa shape index (κ1) is 14.3. The summed E-state index contributed by atoms with van der Waals surface area (Å²) in [6, 6.07) is 15.4. The van der Waals surface area contributed by atoms with Crippen molar-refractivity contribution in [3.63, 3.8) is 0 Å². The first-order valence-corrected chi connectivity index (χ1v) is 7.92. The number of hydrogen-bond acceptors (Lipinski definition) is 2. The molecule has 0 aliphatic heterocycles. The number of hydrogen-bond donors (Lipinski definition) is 1. The highest BCUT2D eigenvalue weighted by Gasteiger charge is 2.08. The van der Waals surface area contributed by atoms with E-state index in [4.69, 9.17) is 17.3 Å². The molecule has 1 unspecified atom stereocenters. The normalized spacial score (nSPS) is 12.3. The Bertz CT molecular complexity index is 586. The fourth-order valence-electron chi connectivity index (χ4n) is 1.91. The molecule has 2 aromatic carbocycles. The van der Waals surface area contributed by atoms with E-state index in [-0.39, 0.29) is 0 Å². The zero-order valence-corrected chi connectivity index (χ0v) is 12.1. The van der Waals surface area contributed by atoms with E-state index in [2.05, 4.69) is 0 Å². The first-order chi connectivity index (χ1) is 9.20. The van der Waals surface area contributed by atoms with Gasteiger partial charge < -0.3 is 5.73 Å². The van der Waals surface area contributed by atoms with Gasteiger partial charge in [-0.15, -0.1) is 0 Å². The summed E-state index contributed by atoms with van der Waals surface area (Å²) in [5, 5.41) is 0.669. The third-order valence-corrected chi connectivity index (χ3v) is 4.56. The van der Waals surface area contributed by atoms with Crippen LogP contribution in [0.5, 0.6) is 0 Å². The second-order valence-electron chi connectivity index (χ2n) is 4.29. The van der Waals surface area contributed by atoms with Crippen LogP contribution in [0.3, 0.4) is 0 Å². The lowest BCUT2D eigenvalue weighted by atomic mass is 10.1. The van der Waals surface area contributed by atoms with Crippen molar-refractivity contribution in [1.82, 2.24) is 0 Å². The van der Waals surface area contributed by atoms with Crippen LogP contribution in [0.4, 0.5) is 0 Å². The van der Waals surface area contributed by atoms with Gasteiger partial charge in [-0.25, -0.2) is 0 Å². The third-order valence-electron chi connectivity index (χ3n) is 2.93. The maximum Gasteiger partial charge on any atom is 0.0503 e. The van der Waals surface area contributed by atoms with Crippen LogP contribution in [-0.4, -0.2) is 4.21 Å². The van der Waals surface area contributed by atoms with Crippen LogP contribution < -0.4 is 5.73 Å². The summed E-state index contributed by atoms with van der Waals surface area (Å²) in [5.41, 5.74) is 8.71. The van der Waals surface area contributed by atoms with Gasteiger partial charge in [-0.3, -0.25) is 4.21 Å². The van der Waals surface area contributed by atoms with E-state index in [0.717, 1.165) is 16.7 Å². The number of rotatable bonds is 5. The van der Waals surface area contributed by atoms with Gasteiger partial charge in [-0.1, -0.05) is 54.1 Å². The van der Waals surface area contributed by atoms with E-state index in [1.807, 2.05) is 48.5 Å². The smallest absolute Gasteiger partial charge is 0.0503 e. The van der Waals surface area contributed by atoms with Crippen LogP contribution in [0.1, 0.15) is 16.7 Å². The van der Waals surface area contributed by atoms with E-state index in [1.54, 1.807) is 0 Å². The van der Waals surface area contributed by atoms with Crippen LogP contribution >= 0.6 is 11.6 Å². The molecule has 2 aromatic rings. The SMILES string of the molecule is NCc1ccccc1CS(=O)Cc1ccccc1Cl. The van der Waals surface area contributed by atoms with Crippen molar-refractivity contribution in [2.45, 2.75) is 18.1 Å². The summed E-state index contributed by atoms with van der Waals surface area (Å²) in [7, 11) is -0.984. The second kappa shape index (κ2) is 6.85. The Morgan fingerprint density at radius 3 is 2.05 bits per heavy atom. The molecule has 0 fully saturated rings. The Morgan fingerprint density at radius 1 is 0.895 bits per heavy atom. The second-order valence-corrected chi connectivity index (χ2v) is 6.16. The van der Waals surface area contributed by atoms with Crippen molar-refractivity contribution in [3.8, 4) is 0 Å². The van der Waals surface area contributed by atoms with Crippen LogP contribution in [0.15, 0.2) is 48.5 Å². The Morgan fingerprint density at radius 2 is 1.42 bits per heavy atom. The van der Waals surface area contributed by atoms with E-state index >= 15 is 0 Å². The molecule has 0 aliphatic rings. The molecule has 0 spiro atoms. The summed E-state index contributed by atoms with van der Waals surface area (Å²) in [4.78, 5) is 0. The van der Waals surface area contributed by atoms with Crippen molar-refractivity contribution in [2.75, 3.05) is 0 Å². The molecule has 100 valence electrons. The number of nitrogens with two attached hydrogens (primary N) is 1. The van der Waals surface area contributed by atoms with Gasteiger partial charge in [0.25, 0.3) is 0 Å². The maximum atomic E-state index is 12.2. The van der Waals surface area contributed by atoms with Crippen molar-refractivity contribution in [3.05, 3.63) is 70.2 Å². The minimum absolute atomic E-state index is 0.471. The molecule has 2 N–H and O–H groups in total. The van der Waals surface area contributed by atoms with Gasteiger partial charge in [-0.2, -0.15) is 0 Å². The lowest BCUT2D eigenvalue weighted by Gasteiger charge is -2.08. The van der Waals surface area contributed by atoms with Crippen molar-refractivity contribution >= 4 is 22.4 Å². The highest BCUT2D eigenvalue weighted by atomic mass is 35.5. The summed E-state index contributed by atoms with van der Waals surface area (Å²) in [5.74, 6) is 0.983. The predicted octanol–water partition coefficient (Wildman–Crippen LogP) is 3.25. The predicted molar refractivity (Wildman–Crippen MR) is 81.3 cm³/mol. The largest absolute Gasteiger partial charge is 0.326 e. The molecule has 0 radical (unpaired) electrons. The van der Waals surface area contributed by atoms with Gasteiger partial charge >= 0.3 is 0 Å².